The molecular weight excluding hydrogens is 204 g/mol. The average Bonchev–Trinajstić information content (AvgIpc) is 2.20. The number of anilines is 2. The van der Waals surface area contributed by atoms with Crippen molar-refractivity contribution in [2.24, 2.45) is 0 Å². The lowest BCUT2D eigenvalue weighted by Gasteiger charge is -2.13. The van der Waals surface area contributed by atoms with Crippen LogP contribution in [0.4, 0.5) is 11.4 Å². The maximum absolute atomic E-state index is 10.7. The number of nitrogens with zero attached hydrogens (tertiary/aromatic N) is 1. The molecule has 0 amide bonds. The number of aliphatic carboxylic acids is 1. The fourth-order valence-corrected chi connectivity index (χ4v) is 1.27. The predicted molar refractivity (Wildman–Crippen MR) is 66.5 cm³/mol. The number of hydrogen-bond donors (Lipinski definition) is 2. The molecule has 16 heavy (non-hydrogen) atoms. The van der Waals surface area contributed by atoms with E-state index in [1.807, 2.05) is 37.2 Å². The monoisotopic (exact) mass is 220 g/mol. The molecule has 1 rings (SSSR count). The lowest BCUT2D eigenvalue weighted by atomic mass is 10.1. The molecule has 3 N–H and O–H groups in total. The SMILES string of the molecule is CC(=Cc1ccc(N(C)C)cc1N)C(=O)O. The molecule has 4 heteroatoms. The summed E-state index contributed by atoms with van der Waals surface area (Å²) in [4.78, 5) is 12.6. The Bertz CT molecular complexity index is 437. The summed E-state index contributed by atoms with van der Waals surface area (Å²) in [7, 11) is 3.85. The van der Waals surface area contributed by atoms with Crippen molar-refractivity contribution < 1.29 is 9.90 Å². The Balaban J connectivity index is 3.09. The van der Waals surface area contributed by atoms with Gasteiger partial charge in [-0.3, -0.25) is 0 Å². The van der Waals surface area contributed by atoms with Gasteiger partial charge in [-0.15, -0.1) is 0 Å². The van der Waals surface area contributed by atoms with Gasteiger partial charge in [0.25, 0.3) is 0 Å². The molecule has 0 aliphatic carbocycles. The Morgan fingerprint density at radius 1 is 1.44 bits per heavy atom. The number of carboxylic acids is 1. The predicted octanol–water partition coefficient (Wildman–Crippen LogP) is 1.82. The summed E-state index contributed by atoms with van der Waals surface area (Å²) in [6.07, 6.45) is 1.57. The van der Waals surface area contributed by atoms with Crippen LogP contribution < -0.4 is 10.6 Å². The zero-order chi connectivity index (χ0) is 12.3. The second kappa shape index (κ2) is 4.70. The second-order valence-electron chi connectivity index (χ2n) is 3.84. The van der Waals surface area contributed by atoms with Crippen molar-refractivity contribution in [1.82, 2.24) is 0 Å². The third kappa shape index (κ3) is 2.76. The Morgan fingerprint density at radius 2 is 2.06 bits per heavy atom. The molecule has 0 atom stereocenters. The van der Waals surface area contributed by atoms with E-state index < -0.39 is 5.97 Å². The molecule has 0 saturated carbocycles. The van der Waals surface area contributed by atoms with Crippen molar-refractivity contribution in [2.75, 3.05) is 24.7 Å². The van der Waals surface area contributed by atoms with Gasteiger partial charge in [-0.1, -0.05) is 6.07 Å². The molecule has 1 aromatic rings. The van der Waals surface area contributed by atoms with Crippen molar-refractivity contribution in [3.63, 3.8) is 0 Å². The molecule has 1 aromatic carbocycles. The molecule has 0 spiro atoms. The van der Waals surface area contributed by atoms with Crippen molar-refractivity contribution >= 4 is 23.4 Å². The Labute approximate surface area is 95.0 Å². The number of nitrogen functional groups attached to an aromatic ring is 1. The van der Waals surface area contributed by atoms with Crippen LogP contribution in [0.3, 0.4) is 0 Å². The Hall–Kier alpha value is -1.97. The van der Waals surface area contributed by atoms with Crippen LogP contribution in [-0.2, 0) is 4.79 Å². The van der Waals surface area contributed by atoms with Gasteiger partial charge in [0.2, 0.25) is 0 Å². The minimum Gasteiger partial charge on any atom is -0.478 e. The van der Waals surface area contributed by atoms with E-state index in [9.17, 15) is 4.79 Å². The van der Waals surface area contributed by atoms with E-state index in [4.69, 9.17) is 10.8 Å². The molecular formula is C12H16N2O2. The number of carbonyl (C=O) groups is 1. The highest BCUT2D eigenvalue weighted by molar-refractivity contribution is 5.92. The maximum Gasteiger partial charge on any atom is 0.331 e. The van der Waals surface area contributed by atoms with Crippen LogP contribution in [0.2, 0.25) is 0 Å². The first-order valence-corrected chi connectivity index (χ1v) is 4.90. The molecule has 0 heterocycles. The molecule has 0 aliphatic rings. The van der Waals surface area contributed by atoms with Gasteiger partial charge in [0, 0.05) is 31.0 Å². The van der Waals surface area contributed by atoms with Gasteiger partial charge < -0.3 is 15.7 Å². The Kier molecular flexibility index (Phi) is 3.55. The Morgan fingerprint density at radius 3 is 2.50 bits per heavy atom. The fraction of sp³-hybridized carbons (Fsp3) is 0.250. The van der Waals surface area contributed by atoms with E-state index >= 15 is 0 Å². The summed E-state index contributed by atoms with van der Waals surface area (Å²) in [5.74, 6) is -0.934. The highest BCUT2D eigenvalue weighted by Gasteiger charge is 2.04. The van der Waals surface area contributed by atoms with Gasteiger partial charge >= 0.3 is 5.97 Å². The lowest BCUT2D eigenvalue weighted by molar-refractivity contribution is -0.132. The zero-order valence-electron chi connectivity index (χ0n) is 9.69. The quantitative estimate of drug-likeness (QED) is 0.602. The van der Waals surface area contributed by atoms with Crippen molar-refractivity contribution in [3.05, 3.63) is 29.3 Å². The van der Waals surface area contributed by atoms with Crippen LogP contribution in [0, 0.1) is 0 Å². The smallest absolute Gasteiger partial charge is 0.331 e. The largest absolute Gasteiger partial charge is 0.478 e. The molecule has 0 bridgehead atoms. The number of nitrogens with two attached hydrogens (primary N) is 1. The van der Waals surface area contributed by atoms with Gasteiger partial charge in [0.15, 0.2) is 0 Å². The van der Waals surface area contributed by atoms with E-state index in [1.54, 1.807) is 13.0 Å². The topological polar surface area (TPSA) is 66.6 Å². The third-order valence-corrected chi connectivity index (χ3v) is 2.30. The van der Waals surface area contributed by atoms with Crippen LogP contribution in [-0.4, -0.2) is 25.2 Å². The van der Waals surface area contributed by atoms with Gasteiger partial charge in [-0.05, 0) is 30.7 Å². The molecule has 0 saturated heterocycles. The van der Waals surface area contributed by atoms with Crippen LogP contribution in [0.25, 0.3) is 6.08 Å². The van der Waals surface area contributed by atoms with E-state index in [0.29, 0.717) is 5.69 Å². The molecule has 0 radical (unpaired) electrons. The van der Waals surface area contributed by atoms with E-state index in [0.717, 1.165) is 11.3 Å². The number of hydrogen-bond acceptors (Lipinski definition) is 3. The lowest BCUT2D eigenvalue weighted by Crippen LogP contribution is -2.09. The molecule has 0 fully saturated rings. The third-order valence-electron chi connectivity index (χ3n) is 2.30. The van der Waals surface area contributed by atoms with E-state index in [-0.39, 0.29) is 5.57 Å². The average molecular weight is 220 g/mol. The first-order chi connectivity index (χ1) is 7.41. The number of carboxylic acid groups (broad SMARTS) is 1. The highest BCUT2D eigenvalue weighted by Crippen LogP contribution is 2.22. The van der Waals surface area contributed by atoms with Crippen molar-refractivity contribution in [3.8, 4) is 0 Å². The second-order valence-corrected chi connectivity index (χ2v) is 3.84. The standard InChI is InChI=1S/C12H16N2O2/c1-8(12(15)16)6-9-4-5-10(14(2)3)7-11(9)13/h4-7H,13H2,1-3H3,(H,15,16). The van der Waals surface area contributed by atoms with Crippen LogP contribution in [0.15, 0.2) is 23.8 Å². The summed E-state index contributed by atoms with van der Waals surface area (Å²) >= 11 is 0. The van der Waals surface area contributed by atoms with Gasteiger partial charge in [-0.2, -0.15) is 0 Å². The first-order valence-electron chi connectivity index (χ1n) is 4.90. The summed E-state index contributed by atoms with van der Waals surface area (Å²) in [5, 5.41) is 8.76. The first kappa shape index (κ1) is 12.1. The van der Waals surface area contributed by atoms with Gasteiger partial charge in [0.05, 0.1) is 0 Å². The molecule has 0 unspecified atom stereocenters. The van der Waals surface area contributed by atoms with Gasteiger partial charge in [0.1, 0.15) is 0 Å². The summed E-state index contributed by atoms with van der Waals surface area (Å²) in [6.45, 7) is 1.54. The summed E-state index contributed by atoms with van der Waals surface area (Å²) < 4.78 is 0. The summed E-state index contributed by atoms with van der Waals surface area (Å²) in [5.41, 5.74) is 8.40. The van der Waals surface area contributed by atoms with Gasteiger partial charge in [-0.25, -0.2) is 4.79 Å². The minimum atomic E-state index is -0.934. The molecule has 0 aliphatic heterocycles. The van der Waals surface area contributed by atoms with Crippen LogP contribution in [0.5, 0.6) is 0 Å². The molecule has 86 valence electrons. The number of rotatable bonds is 3. The molecule has 4 nitrogen and oxygen atoms in total. The normalized spacial score (nSPS) is 11.3. The summed E-state index contributed by atoms with van der Waals surface area (Å²) in [6, 6.07) is 5.54. The highest BCUT2D eigenvalue weighted by atomic mass is 16.4. The van der Waals surface area contributed by atoms with E-state index in [2.05, 4.69) is 0 Å². The minimum absolute atomic E-state index is 0.268. The maximum atomic E-state index is 10.7. The molecule has 0 aromatic heterocycles. The van der Waals surface area contributed by atoms with Crippen LogP contribution in [0.1, 0.15) is 12.5 Å². The fourth-order valence-electron chi connectivity index (χ4n) is 1.27. The van der Waals surface area contributed by atoms with Crippen molar-refractivity contribution in [1.29, 1.82) is 0 Å². The van der Waals surface area contributed by atoms with E-state index in [1.165, 1.54) is 0 Å². The van der Waals surface area contributed by atoms with Crippen LogP contribution >= 0.6 is 0 Å². The number of benzene rings is 1. The zero-order valence-corrected chi connectivity index (χ0v) is 9.69. The van der Waals surface area contributed by atoms with Crippen molar-refractivity contribution in [2.45, 2.75) is 6.92 Å².